The number of imide groups is 1. The lowest BCUT2D eigenvalue weighted by atomic mass is 10.1. The highest BCUT2D eigenvalue weighted by Crippen LogP contribution is 2.21. The van der Waals surface area contributed by atoms with Crippen LogP contribution in [0.5, 0.6) is 0 Å². The Morgan fingerprint density at radius 1 is 0.537 bits per heavy atom. The number of hydrogen-bond donors (Lipinski definition) is 0. The van der Waals surface area contributed by atoms with Crippen molar-refractivity contribution in [1.82, 2.24) is 4.90 Å². The molecule has 1 heterocycles. The predicted molar refractivity (Wildman–Crippen MR) is 145 cm³/mol. The highest BCUT2D eigenvalue weighted by molar-refractivity contribution is 6.21. The summed E-state index contributed by atoms with van der Waals surface area (Å²) in [5.74, 6) is -0.853. The largest absolute Gasteiger partial charge is 0.469 e. The molecule has 0 bridgehead atoms. The van der Waals surface area contributed by atoms with Gasteiger partial charge in [-0.25, -0.2) is 0 Å². The maximum Gasteiger partial charge on any atom is 0.307 e. The fourth-order valence-electron chi connectivity index (χ4n) is 3.50. The molecule has 0 saturated carbocycles. The van der Waals surface area contributed by atoms with E-state index < -0.39 is 0 Å². The molecule has 13 heteroatoms. The van der Waals surface area contributed by atoms with E-state index in [-0.39, 0.29) is 37.4 Å². The number of nitrogens with zero attached hydrogens (tertiary/aromatic N) is 1. The van der Waals surface area contributed by atoms with Gasteiger partial charge >= 0.3 is 5.97 Å². The number of hydrogen-bond acceptors (Lipinski definition) is 12. The minimum Gasteiger partial charge on any atom is -0.469 e. The smallest absolute Gasteiger partial charge is 0.307 e. The molecule has 0 aromatic heterocycles. The number of methoxy groups -OCH3 is 1. The molecule has 0 atom stereocenters. The Morgan fingerprint density at radius 2 is 0.854 bits per heavy atom. The maximum atomic E-state index is 12.3. The third-order valence-corrected chi connectivity index (χ3v) is 5.62. The minimum absolute atomic E-state index is 0.212. The zero-order chi connectivity index (χ0) is 29.4. The van der Waals surface area contributed by atoms with Crippen LogP contribution in [0.15, 0.2) is 24.3 Å². The number of fused-ring (bicyclic) bond motifs is 1. The normalized spacial score (nSPS) is 12.8. The molecule has 1 aliphatic rings. The molecule has 0 aliphatic carbocycles. The van der Waals surface area contributed by atoms with Crippen LogP contribution in [0.4, 0.5) is 0 Å². The van der Waals surface area contributed by atoms with E-state index in [9.17, 15) is 14.4 Å². The van der Waals surface area contributed by atoms with Crippen LogP contribution in [-0.2, 0) is 47.4 Å². The Bertz CT molecular complexity index is 833. The van der Waals surface area contributed by atoms with Gasteiger partial charge < -0.3 is 42.6 Å². The number of amides is 2. The second-order valence-electron chi connectivity index (χ2n) is 8.53. The van der Waals surface area contributed by atoms with Crippen LogP contribution in [0.25, 0.3) is 0 Å². The number of carbonyl (C=O) groups is 3. The summed E-state index contributed by atoms with van der Waals surface area (Å²) in [7, 11) is 1.35. The molecule has 2 rings (SSSR count). The topological polar surface area (TPSA) is 138 Å². The summed E-state index contributed by atoms with van der Waals surface area (Å²) in [5.41, 5.74) is 0.879. The van der Waals surface area contributed by atoms with Gasteiger partial charge in [-0.2, -0.15) is 0 Å². The standard InChI is InChI=1S/C28H43NO12/c1-33-26(30)6-8-34-10-12-36-14-16-38-18-20-40-22-23-41-21-19-39-17-15-37-13-11-35-9-7-29-27(31)24-4-2-3-5-25(24)28(29)32/h2-5H,6-23H2,1H3. The first kappa shape index (κ1) is 34.7. The minimum atomic E-state index is -0.293. The number of carbonyl (C=O) groups excluding carboxylic acids is 3. The second kappa shape index (κ2) is 23.1. The van der Waals surface area contributed by atoms with Gasteiger partial charge in [-0.05, 0) is 12.1 Å². The third kappa shape index (κ3) is 15.3. The molecule has 1 aromatic rings. The van der Waals surface area contributed by atoms with Gasteiger partial charge in [0.15, 0.2) is 0 Å². The quantitative estimate of drug-likeness (QED) is 0.0827. The lowest BCUT2D eigenvalue weighted by molar-refractivity contribution is -0.141. The fraction of sp³-hybridized carbons (Fsp3) is 0.679. The van der Waals surface area contributed by atoms with E-state index in [0.29, 0.717) is 110 Å². The average Bonchev–Trinajstić information content (AvgIpc) is 3.23. The van der Waals surface area contributed by atoms with E-state index in [4.69, 9.17) is 37.9 Å². The highest BCUT2D eigenvalue weighted by atomic mass is 16.6. The van der Waals surface area contributed by atoms with E-state index in [0.717, 1.165) is 0 Å². The van der Waals surface area contributed by atoms with Crippen molar-refractivity contribution in [2.24, 2.45) is 0 Å². The van der Waals surface area contributed by atoms with Crippen LogP contribution in [0.3, 0.4) is 0 Å². The zero-order valence-corrected chi connectivity index (χ0v) is 23.9. The molecule has 232 valence electrons. The Hall–Kier alpha value is -2.49. The van der Waals surface area contributed by atoms with Crippen molar-refractivity contribution in [3.8, 4) is 0 Å². The molecule has 0 unspecified atom stereocenters. The first-order valence-electron chi connectivity index (χ1n) is 13.8. The van der Waals surface area contributed by atoms with E-state index >= 15 is 0 Å². The van der Waals surface area contributed by atoms with Crippen LogP contribution in [0.2, 0.25) is 0 Å². The summed E-state index contributed by atoms with van der Waals surface area (Å²) in [6.45, 7) is 7.01. The van der Waals surface area contributed by atoms with Crippen LogP contribution in [0.1, 0.15) is 27.1 Å². The van der Waals surface area contributed by atoms with Gasteiger partial charge in [0, 0.05) is 0 Å². The summed E-state index contributed by atoms with van der Waals surface area (Å²) < 4.78 is 47.8. The van der Waals surface area contributed by atoms with Crippen molar-refractivity contribution < 1.29 is 57.0 Å². The fourth-order valence-corrected chi connectivity index (χ4v) is 3.50. The molecule has 41 heavy (non-hydrogen) atoms. The van der Waals surface area contributed by atoms with Crippen molar-refractivity contribution in [2.75, 3.05) is 119 Å². The molecule has 0 radical (unpaired) electrons. The molecule has 0 N–H and O–H groups in total. The van der Waals surface area contributed by atoms with Crippen LogP contribution in [0, 0.1) is 0 Å². The average molecular weight is 586 g/mol. The maximum absolute atomic E-state index is 12.3. The highest BCUT2D eigenvalue weighted by Gasteiger charge is 2.34. The number of esters is 1. The summed E-state index contributed by atoms with van der Waals surface area (Å²) >= 11 is 0. The lowest BCUT2D eigenvalue weighted by Gasteiger charge is -2.13. The van der Waals surface area contributed by atoms with Gasteiger partial charge in [0.25, 0.3) is 11.8 Å². The Balaban J connectivity index is 1.22. The van der Waals surface area contributed by atoms with E-state index in [1.54, 1.807) is 24.3 Å². The van der Waals surface area contributed by atoms with Gasteiger partial charge in [0.1, 0.15) is 0 Å². The Kier molecular flexibility index (Phi) is 19.6. The molecule has 0 saturated heterocycles. The summed E-state index contributed by atoms with van der Waals surface area (Å²) in [6.07, 6.45) is 0.238. The number of ether oxygens (including phenoxy) is 9. The van der Waals surface area contributed by atoms with Crippen molar-refractivity contribution in [2.45, 2.75) is 6.42 Å². The predicted octanol–water partition coefficient (Wildman–Crippen LogP) is 0.979. The van der Waals surface area contributed by atoms with Gasteiger partial charge in [-0.15, -0.1) is 0 Å². The molecule has 0 spiro atoms. The molecule has 1 aliphatic heterocycles. The van der Waals surface area contributed by atoms with E-state index in [1.807, 2.05) is 0 Å². The monoisotopic (exact) mass is 585 g/mol. The Labute approximate surface area is 241 Å². The lowest BCUT2D eigenvalue weighted by Crippen LogP contribution is -2.33. The van der Waals surface area contributed by atoms with Crippen LogP contribution >= 0.6 is 0 Å². The summed E-state index contributed by atoms with van der Waals surface area (Å²) in [6, 6.07) is 6.80. The molecule has 1 aromatic carbocycles. The number of rotatable bonds is 27. The SMILES string of the molecule is COC(=O)CCOCCOCCOCCOCCOCCOCCOCCOCCN1C(=O)c2ccccc2C1=O. The molecule has 0 fully saturated rings. The molecular weight excluding hydrogens is 542 g/mol. The van der Waals surface area contributed by atoms with Crippen molar-refractivity contribution in [3.63, 3.8) is 0 Å². The van der Waals surface area contributed by atoms with Gasteiger partial charge in [0.2, 0.25) is 0 Å². The van der Waals surface area contributed by atoms with Crippen LogP contribution < -0.4 is 0 Å². The Morgan fingerprint density at radius 3 is 1.20 bits per heavy atom. The molecule has 13 nitrogen and oxygen atoms in total. The van der Waals surface area contributed by atoms with E-state index in [1.165, 1.54) is 12.0 Å². The van der Waals surface area contributed by atoms with Crippen molar-refractivity contribution >= 4 is 17.8 Å². The van der Waals surface area contributed by atoms with Crippen molar-refractivity contribution in [1.29, 1.82) is 0 Å². The molecule has 2 amide bonds. The third-order valence-electron chi connectivity index (χ3n) is 5.62. The van der Waals surface area contributed by atoms with Gasteiger partial charge in [-0.3, -0.25) is 19.3 Å². The summed E-state index contributed by atoms with van der Waals surface area (Å²) in [4.78, 5) is 36.7. The molecular formula is C28H43NO12. The van der Waals surface area contributed by atoms with Crippen molar-refractivity contribution in [3.05, 3.63) is 35.4 Å². The van der Waals surface area contributed by atoms with Gasteiger partial charge in [0.05, 0.1) is 137 Å². The zero-order valence-electron chi connectivity index (χ0n) is 23.9. The first-order valence-corrected chi connectivity index (χ1v) is 13.8. The number of benzene rings is 1. The van der Waals surface area contributed by atoms with Crippen LogP contribution in [-0.4, -0.2) is 142 Å². The summed E-state index contributed by atoms with van der Waals surface area (Å²) in [5, 5.41) is 0. The first-order chi connectivity index (χ1) is 20.1. The second-order valence-corrected chi connectivity index (χ2v) is 8.53. The van der Waals surface area contributed by atoms with E-state index in [2.05, 4.69) is 4.74 Å². The van der Waals surface area contributed by atoms with Gasteiger partial charge in [-0.1, -0.05) is 12.1 Å².